The predicted octanol–water partition coefficient (Wildman–Crippen LogP) is 1.11. The van der Waals surface area contributed by atoms with Crippen LogP contribution in [0.1, 0.15) is 30.9 Å². The fourth-order valence-electron chi connectivity index (χ4n) is 1.92. The van der Waals surface area contributed by atoms with Crippen molar-refractivity contribution in [3.63, 3.8) is 0 Å². The van der Waals surface area contributed by atoms with Crippen LogP contribution in [0.3, 0.4) is 0 Å². The standard InChI is InChI=1S/C13H22N6/c1-10(2)5-14-6-12-7-19(17-11(12)3)8-13-15-9-16-18(13)4/h7,9-10,14H,5-6,8H2,1-4H3. The highest BCUT2D eigenvalue weighted by Crippen LogP contribution is 2.07. The van der Waals surface area contributed by atoms with Crippen LogP contribution in [0.2, 0.25) is 0 Å². The molecule has 2 heterocycles. The van der Waals surface area contributed by atoms with Crippen molar-refractivity contribution >= 4 is 0 Å². The van der Waals surface area contributed by atoms with Crippen molar-refractivity contribution in [2.24, 2.45) is 13.0 Å². The quantitative estimate of drug-likeness (QED) is 0.847. The average molecular weight is 262 g/mol. The molecule has 0 aliphatic heterocycles. The van der Waals surface area contributed by atoms with Gasteiger partial charge in [-0.3, -0.25) is 9.36 Å². The zero-order valence-corrected chi connectivity index (χ0v) is 12.1. The molecule has 0 aliphatic rings. The molecular weight excluding hydrogens is 240 g/mol. The summed E-state index contributed by atoms with van der Waals surface area (Å²) in [5.74, 6) is 1.57. The van der Waals surface area contributed by atoms with Gasteiger partial charge >= 0.3 is 0 Å². The van der Waals surface area contributed by atoms with Crippen molar-refractivity contribution < 1.29 is 0 Å². The monoisotopic (exact) mass is 262 g/mol. The van der Waals surface area contributed by atoms with Gasteiger partial charge in [0.1, 0.15) is 18.7 Å². The second kappa shape index (κ2) is 5.97. The lowest BCUT2D eigenvalue weighted by Crippen LogP contribution is -2.19. The Morgan fingerprint density at radius 3 is 2.79 bits per heavy atom. The molecule has 0 aromatic carbocycles. The third kappa shape index (κ3) is 3.64. The summed E-state index contributed by atoms with van der Waals surface area (Å²) in [5, 5.41) is 12.0. The van der Waals surface area contributed by atoms with Gasteiger partial charge in [-0.2, -0.15) is 10.2 Å². The van der Waals surface area contributed by atoms with Gasteiger partial charge < -0.3 is 5.32 Å². The minimum atomic E-state index is 0.654. The summed E-state index contributed by atoms with van der Waals surface area (Å²) in [5.41, 5.74) is 2.31. The maximum absolute atomic E-state index is 4.52. The summed E-state index contributed by atoms with van der Waals surface area (Å²) in [6.45, 7) is 8.99. The van der Waals surface area contributed by atoms with E-state index in [0.717, 1.165) is 24.6 Å². The SMILES string of the molecule is Cc1nn(Cc2ncnn2C)cc1CNCC(C)C. The molecule has 0 saturated heterocycles. The Kier molecular flexibility index (Phi) is 4.31. The van der Waals surface area contributed by atoms with E-state index in [4.69, 9.17) is 0 Å². The van der Waals surface area contributed by atoms with Gasteiger partial charge in [-0.05, 0) is 19.4 Å². The first kappa shape index (κ1) is 13.7. The molecule has 1 N–H and O–H groups in total. The van der Waals surface area contributed by atoms with Crippen molar-refractivity contribution in [1.82, 2.24) is 29.9 Å². The minimum Gasteiger partial charge on any atom is -0.312 e. The highest BCUT2D eigenvalue weighted by molar-refractivity contribution is 5.15. The van der Waals surface area contributed by atoms with E-state index in [9.17, 15) is 0 Å². The third-order valence-electron chi connectivity index (χ3n) is 3.02. The smallest absolute Gasteiger partial charge is 0.148 e. The molecule has 104 valence electrons. The molecule has 0 aliphatic carbocycles. The molecule has 2 aromatic heterocycles. The van der Waals surface area contributed by atoms with E-state index < -0.39 is 0 Å². The number of nitrogens with one attached hydrogen (secondary N) is 1. The first-order valence-corrected chi connectivity index (χ1v) is 6.62. The van der Waals surface area contributed by atoms with Crippen molar-refractivity contribution in [2.75, 3.05) is 6.54 Å². The molecule has 6 nitrogen and oxygen atoms in total. The van der Waals surface area contributed by atoms with E-state index in [-0.39, 0.29) is 0 Å². The summed E-state index contributed by atoms with van der Waals surface area (Å²) in [6, 6.07) is 0. The molecule has 2 aromatic rings. The zero-order valence-electron chi connectivity index (χ0n) is 12.1. The van der Waals surface area contributed by atoms with E-state index >= 15 is 0 Å². The average Bonchev–Trinajstić information content (AvgIpc) is 2.87. The predicted molar refractivity (Wildman–Crippen MR) is 73.6 cm³/mol. The largest absolute Gasteiger partial charge is 0.312 e. The topological polar surface area (TPSA) is 60.6 Å². The lowest BCUT2D eigenvalue weighted by Gasteiger charge is -2.05. The summed E-state index contributed by atoms with van der Waals surface area (Å²) < 4.78 is 3.69. The van der Waals surface area contributed by atoms with Crippen molar-refractivity contribution in [3.05, 3.63) is 29.6 Å². The van der Waals surface area contributed by atoms with Crippen LogP contribution < -0.4 is 5.32 Å². The fourth-order valence-corrected chi connectivity index (χ4v) is 1.92. The molecule has 2 rings (SSSR count). The van der Waals surface area contributed by atoms with Gasteiger partial charge in [0.25, 0.3) is 0 Å². The maximum Gasteiger partial charge on any atom is 0.148 e. The highest BCUT2D eigenvalue weighted by Gasteiger charge is 2.07. The number of aromatic nitrogens is 5. The van der Waals surface area contributed by atoms with Crippen LogP contribution >= 0.6 is 0 Å². The number of hydrogen-bond acceptors (Lipinski definition) is 4. The lowest BCUT2D eigenvalue weighted by atomic mass is 10.2. The Balaban J connectivity index is 1.98. The molecular formula is C13H22N6. The third-order valence-corrected chi connectivity index (χ3v) is 3.02. The van der Waals surface area contributed by atoms with Gasteiger partial charge in [-0.1, -0.05) is 13.8 Å². The molecule has 6 heteroatoms. The summed E-state index contributed by atoms with van der Waals surface area (Å²) in [7, 11) is 1.89. The lowest BCUT2D eigenvalue weighted by molar-refractivity contribution is 0.551. The van der Waals surface area contributed by atoms with Crippen molar-refractivity contribution in [1.29, 1.82) is 0 Å². The minimum absolute atomic E-state index is 0.654. The van der Waals surface area contributed by atoms with Crippen molar-refractivity contribution in [2.45, 2.75) is 33.9 Å². The van der Waals surface area contributed by atoms with Crippen molar-refractivity contribution in [3.8, 4) is 0 Å². The van der Waals surface area contributed by atoms with Gasteiger partial charge in [0, 0.05) is 25.4 Å². The Bertz CT molecular complexity index is 525. The van der Waals surface area contributed by atoms with E-state index in [2.05, 4.69) is 40.5 Å². The molecule has 0 bridgehead atoms. The number of hydrogen-bond donors (Lipinski definition) is 1. The summed E-state index contributed by atoms with van der Waals surface area (Å²) in [4.78, 5) is 4.21. The van der Waals surface area contributed by atoms with E-state index in [0.29, 0.717) is 12.5 Å². The second-order valence-electron chi connectivity index (χ2n) is 5.26. The Hall–Kier alpha value is -1.69. The van der Waals surface area contributed by atoms with Crippen LogP contribution in [-0.2, 0) is 20.1 Å². The zero-order chi connectivity index (χ0) is 13.8. The van der Waals surface area contributed by atoms with Gasteiger partial charge in [0.2, 0.25) is 0 Å². The van der Waals surface area contributed by atoms with Gasteiger partial charge in [0.05, 0.1) is 5.69 Å². The van der Waals surface area contributed by atoms with E-state index in [1.165, 1.54) is 5.56 Å². The van der Waals surface area contributed by atoms with Gasteiger partial charge in [-0.25, -0.2) is 4.98 Å². The highest BCUT2D eigenvalue weighted by atomic mass is 15.4. The molecule has 0 saturated carbocycles. The van der Waals surface area contributed by atoms with Gasteiger partial charge in [-0.15, -0.1) is 0 Å². The second-order valence-corrected chi connectivity index (χ2v) is 5.26. The van der Waals surface area contributed by atoms with Crippen LogP contribution in [0.4, 0.5) is 0 Å². The number of aryl methyl sites for hydroxylation is 2. The first-order chi connectivity index (χ1) is 9.06. The summed E-state index contributed by atoms with van der Waals surface area (Å²) >= 11 is 0. The molecule has 0 amide bonds. The first-order valence-electron chi connectivity index (χ1n) is 6.62. The number of rotatable bonds is 6. The normalized spacial score (nSPS) is 11.4. The summed E-state index contributed by atoms with van der Waals surface area (Å²) in [6.07, 6.45) is 3.65. The Morgan fingerprint density at radius 2 is 2.16 bits per heavy atom. The molecule has 0 spiro atoms. The number of nitrogens with zero attached hydrogens (tertiary/aromatic N) is 5. The molecule has 0 radical (unpaired) electrons. The molecule has 0 fully saturated rings. The van der Waals surface area contributed by atoms with Crippen LogP contribution in [0.15, 0.2) is 12.5 Å². The van der Waals surface area contributed by atoms with Crippen LogP contribution in [-0.4, -0.2) is 31.1 Å². The van der Waals surface area contributed by atoms with E-state index in [1.807, 2.05) is 18.7 Å². The van der Waals surface area contributed by atoms with Crippen LogP contribution in [0.25, 0.3) is 0 Å². The van der Waals surface area contributed by atoms with Crippen LogP contribution in [0.5, 0.6) is 0 Å². The molecule has 0 unspecified atom stereocenters. The maximum atomic E-state index is 4.52. The Morgan fingerprint density at radius 1 is 1.37 bits per heavy atom. The van der Waals surface area contributed by atoms with E-state index in [1.54, 1.807) is 11.0 Å². The fraction of sp³-hybridized carbons (Fsp3) is 0.615. The molecule has 0 atom stereocenters. The molecule has 19 heavy (non-hydrogen) atoms. The van der Waals surface area contributed by atoms with Crippen LogP contribution in [0, 0.1) is 12.8 Å². The Labute approximate surface area is 113 Å². The van der Waals surface area contributed by atoms with Gasteiger partial charge in [0.15, 0.2) is 0 Å².